The Labute approximate surface area is 185 Å². The van der Waals surface area contributed by atoms with E-state index in [2.05, 4.69) is 5.32 Å². The molecule has 0 bridgehead atoms. The minimum atomic E-state index is -0.338. The molecule has 158 valence electrons. The van der Waals surface area contributed by atoms with Crippen LogP contribution in [0.15, 0.2) is 42.5 Å². The van der Waals surface area contributed by atoms with Crippen molar-refractivity contribution in [1.82, 2.24) is 9.96 Å². The Hall–Kier alpha value is -2.19. The van der Waals surface area contributed by atoms with E-state index in [1.807, 2.05) is 0 Å². The van der Waals surface area contributed by atoms with Crippen LogP contribution < -0.4 is 10.2 Å². The second-order valence-electron chi connectivity index (χ2n) is 5.95. The molecule has 2 aromatic carbocycles. The minimum Gasteiger partial charge on any atom is -0.330 e. The zero-order chi connectivity index (χ0) is 22.1. The molecule has 7 nitrogen and oxygen atoms in total. The predicted octanol–water partition coefficient (Wildman–Crippen LogP) is 5.48. The van der Waals surface area contributed by atoms with E-state index in [0.717, 1.165) is 5.06 Å². The summed E-state index contributed by atoms with van der Waals surface area (Å²) in [5, 5.41) is 5.26. The van der Waals surface area contributed by atoms with E-state index in [1.165, 1.54) is 24.0 Å². The number of anilines is 2. The molecular formula is C19H23Cl3N4O3. The molecule has 0 spiro atoms. The second kappa shape index (κ2) is 11.7. The predicted molar refractivity (Wildman–Crippen MR) is 119 cm³/mol. The highest BCUT2D eigenvalue weighted by atomic mass is 35.5. The summed E-state index contributed by atoms with van der Waals surface area (Å²) in [4.78, 5) is 30.6. The fraction of sp³-hybridized carbons (Fsp3) is 0.263. The van der Waals surface area contributed by atoms with Crippen LogP contribution in [-0.4, -0.2) is 57.3 Å². The van der Waals surface area contributed by atoms with Crippen LogP contribution in [0, 0.1) is 0 Å². The number of amides is 4. The van der Waals surface area contributed by atoms with Crippen molar-refractivity contribution in [3.63, 3.8) is 0 Å². The van der Waals surface area contributed by atoms with E-state index >= 15 is 0 Å². The number of hydrogen-bond acceptors (Lipinski definition) is 3. The molecule has 0 radical (unpaired) electrons. The van der Waals surface area contributed by atoms with Gasteiger partial charge in [-0.05, 0) is 42.5 Å². The molecule has 0 heterocycles. The summed E-state index contributed by atoms with van der Waals surface area (Å²) >= 11 is 17.3. The molecule has 0 fully saturated rings. The van der Waals surface area contributed by atoms with Gasteiger partial charge in [-0.1, -0.05) is 34.8 Å². The molecule has 0 aliphatic carbocycles. The van der Waals surface area contributed by atoms with E-state index in [9.17, 15) is 9.59 Å². The SMILES string of the molecule is CN(C)C(=O)N(C)c1ccc(Cl)c(Cl)c1.CON(C)C(=O)Nc1ccc(Cl)cc1. The van der Waals surface area contributed by atoms with Gasteiger partial charge in [0, 0.05) is 44.6 Å². The van der Waals surface area contributed by atoms with Gasteiger partial charge < -0.3 is 10.2 Å². The number of nitrogens with zero attached hydrogens (tertiary/aromatic N) is 3. The number of hydrogen-bond donors (Lipinski definition) is 1. The molecule has 0 atom stereocenters. The van der Waals surface area contributed by atoms with Crippen molar-refractivity contribution in [2.24, 2.45) is 0 Å². The summed E-state index contributed by atoms with van der Waals surface area (Å²) in [7, 11) is 8.00. The van der Waals surface area contributed by atoms with Crippen molar-refractivity contribution in [3.05, 3.63) is 57.5 Å². The molecule has 0 aliphatic rings. The monoisotopic (exact) mass is 460 g/mol. The van der Waals surface area contributed by atoms with Crippen molar-refractivity contribution in [3.8, 4) is 0 Å². The third-order valence-corrected chi connectivity index (χ3v) is 4.61. The Morgan fingerprint density at radius 1 is 0.897 bits per heavy atom. The highest BCUT2D eigenvalue weighted by Crippen LogP contribution is 2.26. The zero-order valence-electron chi connectivity index (χ0n) is 16.7. The van der Waals surface area contributed by atoms with Crippen molar-refractivity contribution >= 4 is 58.2 Å². The number of nitrogens with one attached hydrogen (secondary N) is 1. The van der Waals surface area contributed by atoms with Crippen LogP contribution in [0.25, 0.3) is 0 Å². The van der Waals surface area contributed by atoms with E-state index in [-0.39, 0.29) is 12.1 Å². The number of carbonyl (C=O) groups is 2. The molecule has 0 saturated carbocycles. The van der Waals surface area contributed by atoms with Crippen LogP contribution in [0.5, 0.6) is 0 Å². The summed E-state index contributed by atoms with van der Waals surface area (Å²) < 4.78 is 0. The van der Waals surface area contributed by atoms with E-state index in [0.29, 0.717) is 26.4 Å². The largest absolute Gasteiger partial charge is 0.345 e. The van der Waals surface area contributed by atoms with Crippen molar-refractivity contribution in [2.75, 3.05) is 45.5 Å². The lowest BCUT2D eigenvalue weighted by Crippen LogP contribution is -2.36. The van der Waals surface area contributed by atoms with Crippen LogP contribution in [0.1, 0.15) is 0 Å². The third kappa shape index (κ3) is 7.98. The molecule has 2 aromatic rings. The standard InChI is InChI=1S/C10H12Cl2N2O.C9H11ClN2O2/c1-13(2)10(15)14(3)7-4-5-8(11)9(12)6-7;1-12(14-2)9(13)11-8-5-3-7(10)4-6-8/h4-6H,1-3H3;3-6H,1-2H3,(H,11,13). The Morgan fingerprint density at radius 3 is 1.97 bits per heavy atom. The first-order valence-corrected chi connectivity index (χ1v) is 9.44. The third-order valence-electron chi connectivity index (χ3n) is 3.62. The highest BCUT2D eigenvalue weighted by molar-refractivity contribution is 6.42. The number of rotatable bonds is 3. The van der Waals surface area contributed by atoms with E-state index in [4.69, 9.17) is 39.6 Å². The lowest BCUT2D eigenvalue weighted by molar-refractivity contribution is -0.0598. The lowest BCUT2D eigenvalue weighted by atomic mass is 10.3. The summed E-state index contributed by atoms with van der Waals surface area (Å²) in [6.45, 7) is 0. The summed E-state index contributed by atoms with van der Waals surface area (Å²) in [5.41, 5.74) is 1.38. The lowest BCUT2D eigenvalue weighted by Gasteiger charge is -2.22. The van der Waals surface area contributed by atoms with Crippen LogP contribution in [0.2, 0.25) is 15.1 Å². The molecule has 2 rings (SSSR count). The van der Waals surface area contributed by atoms with E-state index in [1.54, 1.807) is 63.6 Å². The number of halogens is 3. The average molecular weight is 462 g/mol. The van der Waals surface area contributed by atoms with Gasteiger partial charge in [0.05, 0.1) is 17.2 Å². The molecule has 1 N–H and O–H groups in total. The summed E-state index contributed by atoms with van der Waals surface area (Å²) in [5.74, 6) is 0. The fourth-order valence-electron chi connectivity index (χ4n) is 1.92. The molecule has 0 aliphatic heterocycles. The average Bonchev–Trinajstić information content (AvgIpc) is 2.70. The minimum absolute atomic E-state index is 0.117. The topological polar surface area (TPSA) is 65.1 Å². The van der Waals surface area contributed by atoms with Crippen LogP contribution in [0.4, 0.5) is 21.0 Å². The van der Waals surface area contributed by atoms with Gasteiger partial charge in [0.2, 0.25) is 0 Å². The van der Waals surface area contributed by atoms with Crippen molar-refractivity contribution in [2.45, 2.75) is 0 Å². The van der Waals surface area contributed by atoms with Gasteiger partial charge in [-0.3, -0.25) is 9.74 Å². The quantitative estimate of drug-likeness (QED) is 0.616. The first-order chi connectivity index (χ1) is 13.6. The van der Waals surface area contributed by atoms with Gasteiger partial charge in [-0.2, -0.15) is 0 Å². The smallest absolute Gasteiger partial charge is 0.330 e. The van der Waals surface area contributed by atoms with E-state index < -0.39 is 0 Å². The first-order valence-electron chi connectivity index (χ1n) is 8.31. The molecule has 29 heavy (non-hydrogen) atoms. The van der Waals surface area contributed by atoms with Gasteiger partial charge >= 0.3 is 12.1 Å². The summed E-state index contributed by atoms with van der Waals surface area (Å²) in [6.07, 6.45) is 0. The number of hydroxylamine groups is 2. The molecule has 0 saturated heterocycles. The molecule has 4 amide bonds. The maximum Gasteiger partial charge on any atom is 0.345 e. The first kappa shape index (κ1) is 24.8. The van der Waals surface area contributed by atoms with Crippen molar-refractivity contribution < 1.29 is 14.4 Å². The van der Waals surface area contributed by atoms with Gasteiger partial charge in [0.25, 0.3) is 0 Å². The van der Waals surface area contributed by atoms with Crippen molar-refractivity contribution in [1.29, 1.82) is 0 Å². The number of carbonyl (C=O) groups excluding carboxylic acids is 2. The maximum atomic E-state index is 11.6. The fourth-order valence-corrected chi connectivity index (χ4v) is 2.34. The molecule has 0 aromatic heterocycles. The van der Waals surface area contributed by atoms with Crippen LogP contribution >= 0.6 is 34.8 Å². The van der Waals surface area contributed by atoms with Crippen LogP contribution in [0.3, 0.4) is 0 Å². The van der Waals surface area contributed by atoms with Gasteiger partial charge in [0.1, 0.15) is 0 Å². The highest BCUT2D eigenvalue weighted by Gasteiger charge is 2.13. The Bertz CT molecular complexity index is 832. The second-order valence-corrected chi connectivity index (χ2v) is 7.20. The normalized spacial score (nSPS) is 9.79. The number of urea groups is 2. The Kier molecular flexibility index (Phi) is 10.0. The zero-order valence-corrected chi connectivity index (χ0v) is 19.0. The van der Waals surface area contributed by atoms with Gasteiger partial charge in [-0.25, -0.2) is 14.7 Å². The Morgan fingerprint density at radius 2 is 1.48 bits per heavy atom. The summed E-state index contributed by atoms with van der Waals surface area (Å²) in [6, 6.07) is 11.4. The Balaban J connectivity index is 0.000000291. The van der Waals surface area contributed by atoms with Crippen LogP contribution in [-0.2, 0) is 4.84 Å². The molecule has 0 unspecified atom stereocenters. The molecule has 10 heteroatoms. The van der Waals surface area contributed by atoms with Gasteiger partial charge in [0.15, 0.2) is 0 Å². The molecular weight excluding hydrogens is 439 g/mol. The van der Waals surface area contributed by atoms with Gasteiger partial charge in [-0.15, -0.1) is 0 Å². The number of benzene rings is 2. The maximum absolute atomic E-state index is 11.6.